The highest BCUT2D eigenvalue weighted by Crippen LogP contribution is 2.70. The Labute approximate surface area is 162 Å². The van der Waals surface area contributed by atoms with E-state index < -0.39 is 17.3 Å². The van der Waals surface area contributed by atoms with Crippen molar-refractivity contribution >= 4 is 11.7 Å². The first-order valence-electron chi connectivity index (χ1n) is 9.75. The number of hydrogen-bond acceptors (Lipinski definition) is 3. The van der Waals surface area contributed by atoms with Crippen molar-refractivity contribution in [1.29, 1.82) is 0 Å². The molecule has 2 aromatic rings. The zero-order chi connectivity index (χ0) is 19.9. The first-order chi connectivity index (χ1) is 13.2. The molecule has 0 bridgehead atoms. The Morgan fingerprint density at radius 2 is 2.11 bits per heavy atom. The van der Waals surface area contributed by atoms with Crippen LogP contribution in [0.25, 0.3) is 0 Å². The second kappa shape index (κ2) is 5.33. The maximum atomic E-state index is 14.7. The molecule has 3 aliphatic rings. The van der Waals surface area contributed by atoms with Gasteiger partial charge in [-0.1, -0.05) is 29.8 Å². The van der Waals surface area contributed by atoms with Gasteiger partial charge in [0.05, 0.1) is 23.1 Å². The van der Waals surface area contributed by atoms with Crippen molar-refractivity contribution < 1.29 is 13.6 Å². The fraction of sp³-hybridized carbons (Fsp3) is 0.524. The fourth-order valence-electron chi connectivity index (χ4n) is 5.06. The molecule has 148 valence electrons. The van der Waals surface area contributed by atoms with Gasteiger partial charge in [0, 0.05) is 19.6 Å². The van der Waals surface area contributed by atoms with Crippen molar-refractivity contribution in [3.8, 4) is 0 Å². The van der Waals surface area contributed by atoms with E-state index in [-0.39, 0.29) is 24.5 Å². The summed E-state index contributed by atoms with van der Waals surface area (Å²) in [6.45, 7) is 6.94. The Balaban J connectivity index is 1.46. The molecule has 0 spiro atoms. The van der Waals surface area contributed by atoms with Crippen LogP contribution < -0.4 is 5.32 Å². The van der Waals surface area contributed by atoms with E-state index in [0.717, 1.165) is 18.5 Å². The highest BCUT2D eigenvalue weighted by atomic mass is 19.3. The van der Waals surface area contributed by atoms with Gasteiger partial charge in [-0.3, -0.25) is 4.79 Å². The summed E-state index contributed by atoms with van der Waals surface area (Å²) >= 11 is 0. The van der Waals surface area contributed by atoms with Crippen molar-refractivity contribution in [1.82, 2.24) is 14.7 Å². The minimum absolute atomic E-state index is 0.0426. The van der Waals surface area contributed by atoms with Crippen molar-refractivity contribution in [3.05, 3.63) is 47.2 Å². The van der Waals surface area contributed by atoms with Crippen LogP contribution >= 0.6 is 0 Å². The van der Waals surface area contributed by atoms with Gasteiger partial charge in [0.1, 0.15) is 11.4 Å². The number of alkyl halides is 2. The van der Waals surface area contributed by atoms with E-state index in [1.165, 1.54) is 0 Å². The molecular weight excluding hydrogens is 362 g/mol. The normalized spacial score (nSPS) is 29.0. The number of piperidine rings is 1. The largest absolute Gasteiger partial charge is 0.370 e. The van der Waals surface area contributed by atoms with Crippen molar-refractivity contribution in [2.24, 2.45) is 5.92 Å². The predicted octanol–water partition coefficient (Wildman–Crippen LogP) is 3.40. The average molecular weight is 386 g/mol. The van der Waals surface area contributed by atoms with Crippen LogP contribution in [0.1, 0.15) is 41.8 Å². The number of amides is 1. The van der Waals surface area contributed by atoms with Gasteiger partial charge in [-0.25, -0.2) is 13.5 Å². The first-order valence-corrected chi connectivity index (χ1v) is 9.75. The molecule has 1 saturated carbocycles. The average Bonchev–Trinajstić information content (AvgIpc) is 3.07. The van der Waals surface area contributed by atoms with E-state index in [1.807, 2.05) is 29.8 Å². The lowest BCUT2D eigenvalue weighted by Gasteiger charge is -2.33. The standard InChI is InChI=1S/C21H24F2N4O/c1-13-5-4-6-14(9-13)20-12-26(11-16(20)21(20,22)23)18(28)15-10-25-27-17(15)24-8-7-19(27,2)3/h4-6,9-10,16,24H,7-8,11-12H2,1-3H3. The zero-order valence-electron chi connectivity index (χ0n) is 16.3. The third-order valence-electron chi connectivity index (χ3n) is 6.81. The number of carbonyl (C=O) groups excluding carboxylic acids is 1. The van der Waals surface area contributed by atoms with Crippen LogP contribution in [0.15, 0.2) is 30.5 Å². The minimum atomic E-state index is -2.77. The lowest BCUT2D eigenvalue weighted by Crippen LogP contribution is -2.39. The van der Waals surface area contributed by atoms with E-state index in [9.17, 15) is 13.6 Å². The smallest absolute Gasteiger partial charge is 0.265 e. The number of fused-ring (bicyclic) bond motifs is 2. The Hall–Kier alpha value is -2.44. The van der Waals surface area contributed by atoms with Gasteiger partial charge in [0.2, 0.25) is 0 Å². The number of rotatable bonds is 2. The maximum absolute atomic E-state index is 14.7. The van der Waals surface area contributed by atoms with Gasteiger partial charge in [-0.2, -0.15) is 5.10 Å². The summed E-state index contributed by atoms with van der Waals surface area (Å²) in [6.07, 6.45) is 2.48. The molecule has 7 heteroatoms. The first kappa shape index (κ1) is 17.6. The van der Waals surface area contributed by atoms with Crippen LogP contribution in [-0.2, 0) is 11.0 Å². The van der Waals surface area contributed by atoms with Gasteiger partial charge in [0.25, 0.3) is 11.8 Å². The van der Waals surface area contributed by atoms with Gasteiger partial charge < -0.3 is 10.2 Å². The molecule has 1 aromatic heterocycles. The maximum Gasteiger partial charge on any atom is 0.265 e. The number of nitrogens with one attached hydrogen (secondary N) is 1. The third kappa shape index (κ3) is 2.10. The number of hydrogen-bond donors (Lipinski definition) is 1. The number of halogens is 2. The van der Waals surface area contributed by atoms with E-state index in [1.54, 1.807) is 17.2 Å². The monoisotopic (exact) mass is 386 g/mol. The number of carbonyl (C=O) groups is 1. The molecule has 1 N–H and O–H groups in total. The topological polar surface area (TPSA) is 50.2 Å². The number of benzene rings is 1. The third-order valence-corrected chi connectivity index (χ3v) is 6.81. The summed E-state index contributed by atoms with van der Waals surface area (Å²) in [5.74, 6) is -3.11. The molecular formula is C21H24F2N4O. The quantitative estimate of drug-likeness (QED) is 0.861. The summed E-state index contributed by atoms with van der Waals surface area (Å²) in [5.41, 5.74) is 0.623. The second-order valence-corrected chi connectivity index (χ2v) is 9.01. The van der Waals surface area contributed by atoms with Crippen LogP contribution in [0.2, 0.25) is 0 Å². The molecule has 0 radical (unpaired) electrons. The van der Waals surface area contributed by atoms with E-state index in [4.69, 9.17) is 0 Å². The molecule has 5 nitrogen and oxygen atoms in total. The van der Waals surface area contributed by atoms with Crippen LogP contribution in [0.4, 0.5) is 14.6 Å². The molecule has 3 heterocycles. The molecule has 2 atom stereocenters. The minimum Gasteiger partial charge on any atom is -0.370 e. The summed E-state index contributed by atoms with van der Waals surface area (Å²) < 4.78 is 31.2. The van der Waals surface area contributed by atoms with Crippen LogP contribution in [0.3, 0.4) is 0 Å². The Kier molecular flexibility index (Phi) is 3.36. The molecule has 2 unspecified atom stereocenters. The Morgan fingerprint density at radius 3 is 2.86 bits per heavy atom. The van der Waals surface area contributed by atoms with Gasteiger partial charge >= 0.3 is 0 Å². The van der Waals surface area contributed by atoms with Gasteiger partial charge in [0.15, 0.2) is 0 Å². The van der Waals surface area contributed by atoms with Crippen LogP contribution in [0, 0.1) is 12.8 Å². The molecule has 5 rings (SSSR count). The SMILES string of the molecule is Cc1cccc(C23CN(C(=O)c4cnn5c4NCCC5(C)C)CC2C3(F)F)c1. The second-order valence-electron chi connectivity index (χ2n) is 9.01. The zero-order valence-corrected chi connectivity index (χ0v) is 16.3. The van der Waals surface area contributed by atoms with E-state index >= 15 is 0 Å². The molecule has 1 amide bonds. The van der Waals surface area contributed by atoms with Crippen molar-refractivity contribution in [3.63, 3.8) is 0 Å². The fourth-order valence-corrected chi connectivity index (χ4v) is 5.06. The predicted molar refractivity (Wildman–Crippen MR) is 102 cm³/mol. The van der Waals surface area contributed by atoms with Crippen molar-refractivity contribution in [2.45, 2.75) is 44.1 Å². The van der Waals surface area contributed by atoms with Gasteiger partial charge in [-0.05, 0) is 32.8 Å². The number of likely N-dealkylation sites (tertiary alicyclic amines) is 1. The lowest BCUT2D eigenvalue weighted by molar-refractivity contribution is 0.0394. The van der Waals surface area contributed by atoms with Gasteiger partial charge in [-0.15, -0.1) is 0 Å². The Bertz CT molecular complexity index is 983. The highest BCUT2D eigenvalue weighted by Gasteiger charge is 2.84. The number of aromatic nitrogens is 2. The summed E-state index contributed by atoms with van der Waals surface area (Å²) in [6, 6.07) is 7.31. The molecule has 2 aliphatic heterocycles. The Morgan fingerprint density at radius 1 is 1.32 bits per heavy atom. The molecule has 1 aromatic carbocycles. The summed E-state index contributed by atoms with van der Waals surface area (Å²) in [7, 11) is 0. The lowest BCUT2D eigenvalue weighted by atomic mass is 9.93. The molecule has 1 saturated heterocycles. The number of nitrogens with zero attached hydrogens (tertiary/aromatic N) is 3. The molecule has 1 aliphatic carbocycles. The van der Waals surface area contributed by atoms with Crippen LogP contribution in [-0.4, -0.2) is 46.1 Å². The number of aryl methyl sites for hydroxylation is 1. The molecule has 2 fully saturated rings. The number of anilines is 1. The summed E-state index contributed by atoms with van der Waals surface area (Å²) in [4.78, 5) is 14.8. The summed E-state index contributed by atoms with van der Waals surface area (Å²) in [5, 5.41) is 7.67. The van der Waals surface area contributed by atoms with E-state index in [0.29, 0.717) is 16.9 Å². The highest BCUT2D eigenvalue weighted by molar-refractivity contribution is 5.99. The van der Waals surface area contributed by atoms with Crippen molar-refractivity contribution in [2.75, 3.05) is 25.0 Å². The molecule has 28 heavy (non-hydrogen) atoms. The van der Waals surface area contributed by atoms with E-state index in [2.05, 4.69) is 24.3 Å². The van der Waals surface area contributed by atoms with Crippen LogP contribution in [0.5, 0.6) is 0 Å².